The van der Waals surface area contributed by atoms with Crippen LogP contribution >= 0.6 is 0 Å². The van der Waals surface area contributed by atoms with Crippen LogP contribution in [0, 0.1) is 13.8 Å². The van der Waals surface area contributed by atoms with Gasteiger partial charge in [0.05, 0.1) is 13.5 Å². The van der Waals surface area contributed by atoms with Crippen LogP contribution in [-0.2, 0) is 16.1 Å². The van der Waals surface area contributed by atoms with E-state index in [4.69, 9.17) is 4.84 Å². The van der Waals surface area contributed by atoms with Crippen molar-refractivity contribution < 1.29 is 9.63 Å². The van der Waals surface area contributed by atoms with E-state index in [1.54, 1.807) is 7.05 Å². The smallest absolute Gasteiger partial charge is 0.250 e. The molecular formula is C12H17NO2. The molecule has 0 unspecified atom stereocenters. The van der Waals surface area contributed by atoms with Gasteiger partial charge in [0.2, 0.25) is 5.91 Å². The highest BCUT2D eigenvalue weighted by Crippen LogP contribution is 2.13. The van der Waals surface area contributed by atoms with Crippen molar-refractivity contribution >= 4 is 5.91 Å². The number of hydrogen-bond acceptors (Lipinski definition) is 2. The van der Waals surface area contributed by atoms with E-state index >= 15 is 0 Å². The van der Waals surface area contributed by atoms with Gasteiger partial charge in [0.1, 0.15) is 0 Å². The molecule has 0 aromatic heterocycles. The lowest BCUT2D eigenvalue weighted by atomic mass is 10.0. The summed E-state index contributed by atoms with van der Waals surface area (Å²) in [5, 5.41) is 1.25. The van der Waals surface area contributed by atoms with E-state index < -0.39 is 0 Å². The monoisotopic (exact) mass is 207 g/mol. The predicted octanol–water partition coefficient (Wildman–Crippen LogP) is 1.87. The lowest BCUT2D eigenvalue weighted by Gasteiger charge is -2.15. The molecule has 0 saturated carbocycles. The Morgan fingerprint density at radius 2 is 2.07 bits per heavy atom. The van der Waals surface area contributed by atoms with Crippen molar-refractivity contribution in [2.75, 3.05) is 14.2 Å². The summed E-state index contributed by atoms with van der Waals surface area (Å²) in [4.78, 5) is 16.4. The second-order valence-electron chi connectivity index (χ2n) is 3.61. The zero-order valence-electron chi connectivity index (χ0n) is 9.70. The SMILES string of the molecule is CON(C)C(=O)Cc1cccc(C)c1C. The van der Waals surface area contributed by atoms with Crippen LogP contribution in [0.25, 0.3) is 0 Å². The first-order valence-corrected chi connectivity index (χ1v) is 4.92. The molecule has 1 aromatic carbocycles. The van der Waals surface area contributed by atoms with E-state index in [-0.39, 0.29) is 5.91 Å². The van der Waals surface area contributed by atoms with Gasteiger partial charge in [-0.15, -0.1) is 0 Å². The van der Waals surface area contributed by atoms with E-state index in [0.717, 1.165) is 5.56 Å². The third-order valence-electron chi connectivity index (χ3n) is 2.68. The maximum absolute atomic E-state index is 11.6. The Hall–Kier alpha value is -1.35. The van der Waals surface area contributed by atoms with Gasteiger partial charge in [-0.3, -0.25) is 9.63 Å². The molecule has 82 valence electrons. The van der Waals surface area contributed by atoms with E-state index in [2.05, 4.69) is 0 Å². The fraction of sp³-hybridized carbons (Fsp3) is 0.417. The Balaban J connectivity index is 2.81. The van der Waals surface area contributed by atoms with E-state index in [9.17, 15) is 4.79 Å². The van der Waals surface area contributed by atoms with Crippen LogP contribution < -0.4 is 0 Å². The molecule has 0 radical (unpaired) electrons. The molecule has 1 rings (SSSR count). The predicted molar refractivity (Wildman–Crippen MR) is 59.4 cm³/mol. The lowest BCUT2D eigenvalue weighted by Crippen LogP contribution is -2.27. The molecular weight excluding hydrogens is 190 g/mol. The van der Waals surface area contributed by atoms with Gasteiger partial charge in [0.15, 0.2) is 0 Å². The number of hydrogen-bond donors (Lipinski definition) is 0. The van der Waals surface area contributed by atoms with Gasteiger partial charge in [-0.05, 0) is 30.5 Å². The maximum atomic E-state index is 11.6. The number of likely N-dealkylation sites (N-methyl/N-ethyl adjacent to an activating group) is 1. The molecule has 0 heterocycles. The number of benzene rings is 1. The number of aryl methyl sites for hydroxylation is 1. The normalized spacial score (nSPS) is 10.1. The second kappa shape index (κ2) is 4.94. The first kappa shape index (κ1) is 11.7. The summed E-state index contributed by atoms with van der Waals surface area (Å²) in [6.07, 6.45) is 0.387. The number of carbonyl (C=O) groups excluding carboxylic acids is 1. The Bertz CT molecular complexity index is 361. The van der Waals surface area contributed by atoms with Crippen molar-refractivity contribution in [1.29, 1.82) is 0 Å². The van der Waals surface area contributed by atoms with Gasteiger partial charge >= 0.3 is 0 Å². The van der Waals surface area contributed by atoms with Crippen molar-refractivity contribution in [2.45, 2.75) is 20.3 Å². The van der Waals surface area contributed by atoms with Crippen LogP contribution in [0.3, 0.4) is 0 Å². The highest BCUT2D eigenvalue weighted by atomic mass is 16.7. The molecule has 0 saturated heterocycles. The van der Waals surface area contributed by atoms with Crippen molar-refractivity contribution in [3.05, 3.63) is 34.9 Å². The molecule has 1 amide bonds. The summed E-state index contributed by atoms with van der Waals surface area (Å²) in [5.74, 6) is -0.0359. The topological polar surface area (TPSA) is 29.5 Å². The zero-order chi connectivity index (χ0) is 11.4. The van der Waals surface area contributed by atoms with Crippen LogP contribution in [0.1, 0.15) is 16.7 Å². The van der Waals surface area contributed by atoms with Crippen LogP contribution in [-0.4, -0.2) is 25.1 Å². The number of amides is 1. The fourth-order valence-electron chi connectivity index (χ4n) is 1.38. The van der Waals surface area contributed by atoms with E-state index in [1.165, 1.54) is 23.3 Å². The summed E-state index contributed by atoms with van der Waals surface area (Å²) in [6.45, 7) is 4.08. The highest BCUT2D eigenvalue weighted by molar-refractivity contribution is 5.78. The standard InChI is InChI=1S/C12H17NO2/c1-9-6-5-7-11(10(9)2)8-12(14)13(3)15-4/h5-7H,8H2,1-4H3. The average Bonchev–Trinajstić information content (AvgIpc) is 2.23. The van der Waals surface area contributed by atoms with Gasteiger partial charge in [-0.2, -0.15) is 0 Å². The average molecular weight is 207 g/mol. The minimum Gasteiger partial charge on any atom is -0.275 e. The molecule has 3 nitrogen and oxygen atoms in total. The number of rotatable bonds is 3. The summed E-state index contributed by atoms with van der Waals surface area (Å²) in [5.41, 5.74) is 3.44. The maximum Gasteiger partial charge on any atom is 0.250 e. The quantitative estimate of drug-likeness (QED) is 0.708. The molecule has 0 N–H and O–H groups in total. The molecule has 0 aliphatic carbocycles. The van der Waals surface area contributed by atoms with Gasteiger partial charge in [0.25, 0.3) is 0 Å². The van der Waals surface area contributed by atoms with E-state index in [0.29, 0.717) is 6.42 Å². The molecule has 0 bridgehead atoms. The van der Waals surface area contributed by atoms with Crippen LogP contribution in [0.2, 0.25) is 0 Å². The summed E-state index contributed by atoms with van der Waals surface area (Å²) >= 11 is 0. The first-order chi connectivity index (χ1) is 7.06. The molecule has 0 atom stereocenters. The first-order valence-electron chi connectivity index (χ1n) is 4.92. The Morgan fingerprint density at radius 3 is 2.67 bits per heavy atom. The summed E-state index contributed by atoms with van der Waals surface area (Å²) in [6, 6.07) is 5.99. The number of hydroxylamine groups is 2. The van der Waals surface area contributed by atoms with Gasteiger partial charge in [0, 0.05) is 7.05 Å². The lowest BCUT2D eigenvalue weighted by molar-refractivity contribution is -0.167. The summed E-state index contributed by atoms with van der Waals surface area (Å²) in [7, 11) is 3.11. The third-order valence-corrected chi connectivity index (χ3v) is 2.68. The van der Waals surface area contributed by atoms with Crippen molar-refractivity contribution in [1.82, 2.24) is 5.06 Å². The van der Waals surface area contributed by atoms with Gasteiger partial charge in [-0.1, -0.05) is 18.2 Å². The van der Waals surface area contributed by atoms with Crippen molar-refractivity contribution in [3.8, 4) is 0 Å². The Labute approximate surface area is 90.6 Å². The fourth-order valence-corrected chi connectivity index (χ4v) is 1.38. The zero-order valence-corrected chi connectivity index (χ0v) is 9.70. The highest BCUT2D eigenvalue weighted by Gasteiger charge is 2.10. The van der Waals surface area contributed by atoms with Gasteiger partial charge < -0.3 is 0 Å². The minimum absolute atomic E-state index is 0.0359. The second-order valence-corrected chi connectivity index (χ2v) is 3.61. The van der Waals surface area contributed by atoms with E-state index in [1.807, 2.05) is 32.0 Å². The largest absolute Gasteiger partial charge is 0.275 e. The molecule has 1 aromatic rings. The molecule has 0 fully saturated rings. The number of carbonyl (C=O) groups is 1. The van der Waals surface area contributed by atoms with Crippen LogP contribution in [0.15, 0.2) is 18.2 Å². The number of nitrogens with zero attached hydrogens (tertiary/aromatic N) is 1. The summed E-state index contributed by atoms with van der Waals surface area (Å²) < 4.78 is 0. The molecule has 0 spiro atoms. The van der Waals surface area contributed by atoms with Crippen LogP contribution in [0.4, 0.5) is 0 Å². The Kier molecular flexibility index (Phi) is 3.86. The molecule has 3 heteroatoms. The van der Waals surface area contributed by atoms with Crippen molar-refractivity contribution in [2.24, 2.45) is 0 Å². The third kappa shape index (κ3) is 2.80. The molecule has 0 aliphatic heterocycles. The minimum atomic E-state index is -0.0359. The van der Waals surface area contributed by atoms with Crippen molar-refractivity contribution in [3.63, 3.8) is 0 Å². The van der Waals surface area contributed by atoms with Gasteiger partial charge in [-0.25, -0.2) is 5.06 Å². The van der Waals surface area contributed by atoms with Crippen LogP contribution in [0.5, 0.6) is 0 Å². The molecule has 0 aliphatic rings. The Morgan fingerprint density at radius 1 is 1.40 bits per heavy atom. The molecule has 15 heavy (non-hydrogen) atoms.